The van der Waals surface area contributed by atoms with Gasteiger partial charge in [-0.25, -0.2) is 0 Å². The van der Waals surface area contributed by atoms with E-state index in [1.54, 1.807) is 19.2 Å². The lowest BCUT2D eigenvalue weighted by Crippen LogP contribution is -2.24. The van der Waals surface area contributed by atoms with Crippen LogP contribution in [-0.4, -0.2) is 25.7 Å². The second-order valence-corrected chi connectivity index (χ2v) is 4.28. The average molecular weight is 268 g/mol. The average Bonchev–Trinajstić information content (AvgIpc) is 2.95. The van der Waals surface area contributed by atoms with E-state index in [1.807, 2.05) is 0 Å². The van der Waals surface area contributed by atoms with Crippen molar-refractivity contribution >= 4 is 23.5 Å². The van der Waals surface area contributed by atoms with Gasteiger partial charge in [0.15, 0.2) is 17.5 Å². The summed E-state index contributed by atoms with van der Waals surface area (Å²) < 4.78 is 10.5. The second-order valence-electron chi connectivity index (χ2n) is 3.88. The molecule has 18 heavy (non-hydrogen) atoms. The van der Waals surface area contributed by atoms with Crippen LogP contribution in [0.3, 0.4) is 0 Å². The fraction of sp³-hybridized carbons (Fsp3) is 0.273. The van der Waals surface area contributed by atoms with Crippen molar-refractivity contribution in [3.05, 3.63) is 22.7 Å². The van der Waals surface area contributed by atoms with Gasteiger partial charge in [-0.15, -0.1) is 0 Å². The molecular weight excluding hydrogens is 258 g/mol. The highest BCUT2D eigenvalue weighted by molar-refractivity contribution is 6.32. The third-order valence-corrected chi connectivity index (χ3v) is 3.07. The number of aliphatic imine (C=N–C) groups is 1. The molecule has 1 aromatic carbocycles. The molecule has 2 N–H and O–H groups in total. The Balaban J connectivity index is 1.98. The van der Waals surface area contributed by atoms with Crippen molar-refractivity contribution < 1.29 is 14.3 Å². The van der Waals surface area contributed by atoms with Crippen molar-refractivity contribution in [2.75, 3.05) is 13.8 Å². The number of fused-ring (bicyclic) bond motifs is 1. The summed E-state index contributed by atoms with van der Waals surface area (Å²) in [5.41, 5.74) is 0.709. The van der Waals surface area contributed by atoms with Crippen molar-refractivity contribution in [1.82, 2.24) is 10.6 Å². The number of benzene rings is 1. The van der Waals surface area contributed by atoms with E-state index < -0.39 is 6.04 Å². The maximum Gasteiger partial charge on any atom is 0.253 e. The molecule has 0 bridgehead atoms. The fourth-order valence-electron chi connectivity index (χ4n) is 1.94. The first-order chi connectivity index (χ1) is 8.69. The van der Waals surface area contributed by atoms with E-state index in [4.69, 9.17) is 21.1 Å². The van der Waals surface area contributed by atoms with Gasteiger partial charge in [-0.1, -0.05) is 11.6 Å². The lowest BCUT2D eigenvalue weighted by Gasteiger charge is -2.10. The minimum Gasteiger partial charge on any atom is -0.454 e. The number of nitrogens with one attached hydrogen (secondary N) is 2. The predicted octanol–water partition coefficient (Wildman–Crippen LogP) is 0.815. The van der Waals surface area contributed by atoms with Gasteiger partial charge in [0.25, 0.3) is 5.91 Å². The van der Waals surface area contributed by atoms with Gasteiger partial charge in [-0.3, -0.25) is 15.1 Å². The molecule has 6 nitrogen and oxygen atoms in total. The second kappa shape index (κ2) is 4.06. The standard InChI is InChI=1S/C11H10ClN3O3/c1-13-11-14-8(10(16)15-11)5-2-6(12)9-7(3-5)17-4-18-9/h2-3,8H,4H2,1H3,(H2,13,14,15,16). The Kier molecular flexibility index (Phi) is 2.52. The third-order valence-electron chi connectivity index (χ3n) is 2.79. The summed E-state index contributed by atoms with van der Waals surface area (Å²) in [6.07, 6.45) is 0. The Morgan fingerprint density at radius 2 is 2.28 bits per heavy atom. The number of hydrogen-bond acceptors (Lipinski definition) is 4. The van der Waals surface area contributed by atoms with E-state index in [0.29, 0.717) is 28.0 Å². The number of amides is 1. The van der Waals surface area contributed by atoms with Crippen LogP contribution in [-0.2, 0) is 4.79 Å². The van der Waals surface area contributed by atoms with Crippen molar-refractivity contribution in [3.63, 3.8) is 0 Å². The van der Waals surface area contributed by atoms with Crippen molar-refractivity contribution in [2.45, 2.75) is 6.04 Å². The molecule has 1 fully saturated rings. The number of ether oxygens (including phenoxy) is 2. The summed E-state index contributed by atoms with van der Waals surface area (Å²) in [5, 5.41) is 6.01. The van der Waals surface area contributed by atoms with Gasteiger partial charge in [-0.2, -0.15) is 0 Å². The first kappa shape index (κ1) is 11.2. The normalized spacial score (nSPS) is 23.1. The minimum atomic E-state index is -0.518. The number of nitrogens with zero attached hydrogens (tertiary/aromatic N) is 1. The lowest BCUT2D eigenvalue weighted by molar-refractivity contribution is -0.120. The zero-order chi connectivity index (χ0) is 12.7. The van der Waals surface area contributed by atoms with Crippen molar-refractivity contribution in [2.24, 2.45) is 4.99 Å². The van der Waals surface area contributed by atoms with Crippen LogP contribution in [0.4, 0.5) is 0 Å². The van der Waals surface area contributed by atoms with Crippen LogP contribution >= 0.6 is 11.6 Å². The molecule has 2 heterocycles. The van der Waals surface area contributed by atoms with E-state index in [-0.39, 0.29) is 12.7 Å². The number of rotatable bonds is 1. The molecule has 7 heteroatoms. The Labute approximate surface area is 108 Å². The lowest BCUT2D eigenvalue weighted by atomic mass is 10.1. The van der Waals surface area contributed by atoms with Crippen molar-refractivity contribution in [1.29, 1.82) is 0 Å². The summed E-state index contributed by atoms with van der Waals surface area (Å²) in [4.78, 5) is 15.7. The summed E-state index contributed by atoms with van der Waals surface area (Å²) in [5.74, 6) is 1.33. The van der Waals surface area contributed by atoms with Gasteiger partial charge in [0.2, 0.25) is 6.79 Å². The van der Waals surface area contributed by atoms with E-state index in [1.165, 1.54) is 0 Å². The van der Waals surface area contributed by atoms with Crippen molar-refractivity contribution in [3.8, 4) is 11.5 Å². The summed E-state index contributed by atoms with van der Waals surface area (Å²) in [6.45, 7) is 0.143. The van der Waals surface area contributed by atoms with Gasteiger partial charge in [0.1, 0.15) is 6.04 Å². The van der Waals surface area contributed by atoms with E-state index in [2.05, 4.69) is 15.6 Å². The van der Waals surface area contributed by atoms with Crippen LogP contribution in [0.15, 0.2) is 17.1 Å². The van der Waals surface area contributed by atoms with Gasteiger partial charge in [0, 0.05) is 7.05 Å². The highest BCUT2D eigenvalue weighted by Crippen LogP contribution is 2.41. The molecule has 2 aliphatic heterocycles. The number of carbonyl (C=O) groups is 1. The molecule has 1 saturated heterocycles. The molecule has 0 saturated carbocycles. The molecule has 0 spiro atoms. The molecule has 2 aliphatic rings. The number of carbonyl (C=O) groups excluding carboxylic acids is 1. The molecule has 0 aromatic heterocycles. The quantitative estimate of drug-likeness (QED) is 0.790. The molecular formula is C11H10ClN3O3. The SMILES string of the molecule is CN=C1NC(=O)C(c2cc(Cl)c3c(c2)OCO3)N1. The molecule has 1 aromatic rings. The van der Waals surface area contributed by atoms with Crippen LogP contribution < -0.4 is 20.1 Å². The smallest absolute Gasteiger partial charge is 0.253 e. The molecule has 0 aliphatic carbocycles. The monoisotopic (exact) mass is 267 g/mol. The van der Waals surface area contributed by atoms with Crippen LogP contribution in [0.1, 0.15) is 11.6 Å². The Bertz CT molecular complexity index is 559. The largest absolute Gasteiger partial charge is 0.454 e. The summed E-state index contributed by atoms with van der Waals surface area (Å²) >= 11 is 6.08. The maximum atomic E-state index is 11.8. The minimum absolute atomic E-state index is 0.143. The van der Waals surface area contributed by atoms with Crippen LogP contribution in [0.2, 0.25) is 5.02 Å². The van der Waals surface area contributed by atoms with E-state index in [0.717, 1.165) is 0 Å². The Hall–Kier alpha value is -1.95. The van der Waals surface area contributed by atoms with Gasteiger partial charge >= 0.3 is 0 Å². The summed E-state index contributed by atoms with van der Waals surface area (Å²) in [6, 6.07) is 2.91. The van der Waals surface area contributed by atoms with Crippen LogP contribution in [0.25, 0.3) is 0 Å². The van der Waals surface area contributed by atoms with Gasteiger partial charge in [-0.05, 0) is 17.7 Å². The Morgan fingerprint density at radius 3 is 3.00 bits per heavy atom. The first-order valence-corrected chi connectivity index (χ1v) is 5.70. The molecule has 94 valence electrons. The van der Waals surface area contributed by atoms with Crippen LogP contribution in [0, 0.1) is 0 Å². The highest BCUT2D eigenvalue weighted by atomic mass is 35.5. The topological polar surface area (TPSA) is 72.0 Å². The zero-order valence-corrected chi connectivity index (χ0v) is 10.2. The third kappa shape index (κ3) is 1.65. The molecule has 1 amide bonds. The highest BCUT2D eigenvalue weighted by Gasteiger charge is 2.31. The first-order valence-electron chi connectivity index (χ1n) is 5.32. The Morgan fingerprint density at radius 1 is 1.44 bits per heavy atom. The predicted molar refractivity (Wildman–Crippen MR) is 65.0 cm³/mol. The molecule has 0 radical (unpaired) electrons. The number of hydrogen-bond donors (Lipinski definition) is 2. The molecule has 3 rings (SSSR count). The maximum absolute atomic E-state index is 11.8. The number of halogens is 1. The van der Waals surface area contributed by atoms with Gasteiger partial charge in [0.05, 0.1) is 5.02 Å². The van der Waals surface area contributed by atoms with E-state index >= 15 is 0 Å². The fourth-order valence-corrected chi connectivity index (χ4v) is 2.21. The molecule has 1 unspecified atom stereocenters. The van der Waals surface area contributed by atoms with Gasteiger partial charge < -0.3 is 14.8 Å². The number of guanidine groups is 1. The zero-order valence-electron chi connectivity index (χ0n) is 9.49. The molecule has 1 atom stereocenters. The van der Waals surface area contributed by atoms with E-state index in [9.17, 15) is 4.79 Å². The van der Waals surface area contributed by atoms with Crippen LogP contribution in [0.5, 0.6) is 11.5 Å². The summed E-state index contributed by atoms with van der Waals surface area (Å²) in [7, 11) is 1.59.